The van der Waals surface area contributed by atoms with E-state index in [1.165, 1.54) is 0 Å². The number of imidazole rings is 1. The summed E-state index contributed by atoms with van der Waals surface area (Å²) in [5, 5.41) is 2.76. The number of hydrogen-bond acceptors (Lipinski definition) is 3. The van der Waals surface area contributed by atoms with E-state index in [-0.39, 0.29) is 11.9 Å². The van der Waals surface area contributed by atoms with Crippen LogP contribution in [-0.2, 0) is 11.3 Å². The predicted octanol–water partition coefficient (Wildman–Crippen LogP) is 1.21. The molecule has 5 nitrogen and oxygen atoms in total. The lowest BCUT2D eigenvalue weighted by Crippen LogP contribution is -2.25. The van der Waals surface area contributed by atoms with Crippen molar-refractivity contribution in [2.45, 2.75) is 39.8 Å². The standard InChI is InChI=1S/C11H20N4O/c1-8(2)7-15-5-4-13-11(15)14-10(16)6-9(3)12/h4-5,8-9H,6-7,12H2,1-3H3,(H,13,14,16). The summed E-state index contributed by atoms with van der Waals surface area (Å²) in [5.41, 5.74) is 5.55. The van der Waals surface area contributed by atoms with Crippen LogP contribution in [0.25, 0.3) is 0 Å². The summed E-state index contributed by atoms with van der Waals surface area (Å²) >= 11 is 0. The highest BCUT2D eigenvalue weighted by molar-refractivity contribution is 5.89. The fourth-order valence-corrected chi connectivity index (χ4v) is 1.44. The molecule has 5 heteroatoms. The number of nitrogens with zero attached hydrogens (tertiary/aromatic N) is 2. The van der Waals surface area contributed by atoms with Gasteiger partial charge in [0.2, 0.25) is 11.9 Å². The third-order valence-corrected chi connectivity index (χ3v) is 2.04. The largest absolute Gasteiger partial charge is 0.327 e. The van der Waals surface area contributed by atoms with Crippen LogP contribution in [0.5, 0.6) is 0 Å². The average Bonchev–Trinajstić information content (AvgIpc) is 2.50. The summed E-state index contributed by atoms with van der Waals surface area (Å²) in [7, 11) is 0. The molecule has 0 aromatic carbocycles. The Hall–Kier alpha value is -1.36. The van der Waals surface area contributed by atoms with Crippen molar-refractivity contribution in [1.29, 1.82) is 0 Å². The van der Waals surface area contributed by atoms with Crippen LogP contribution in [0.2, 0.25) is 0 Å². The maximum Gasteiger partial charge on any atom is 0.228 e. The lowest BCUT2D eigenvalue weighted by atomic mass is 10.2. The van der Waals surface area contributed by atoms with Gasteiger partial charge in [0, 0.05) is 31.4 Å². The molecule has 0 saturated heterocycles. The van der Waals surface area contributed by atoms with Gasteiger partial charge in [0.15, 0.2) is 0 Å². The Morgan fingerprint density at radius 2 is 2.25 bits per heavy atom. The fourth-order valence-electron chi connectivity index (χ4n) is 1.44. The van der Waals surface area contributed by atoms with Gasteiger partial charge in [0.25, 0.3) is 0 Å². The summed E-state index contributed by atoms with van der Waals surface area (Å²) < 4.78 is 1.93. The van der Waals surface area contributed by atoms with E-state index in [9.17, 15) is 4.79 Å². The summed E-state index contributed by atoms with van der Waals surface area (Å²) in [6.45, 7) is 6.88. The molecular formula is C11H20N4O. The van der Waals surface area contributed by atoms with Crippen molar-refractivity contribution in [3.05, 3.63) is 12.4 Å². The van der Waals surface area contributed by atoms with Crippen LogP contribution in [0.15, 0.2) is 12.4 Å². The van der Waals surface area contributed by atoms with Gasteiger partial charge in [-0.05, 0) is 12.8 Å². The first-order valence-electron chi connectivity index (χ1n) is 5.55. The molecule has 3 N–H and O–H groups in total. The molecule has 1 amide bonds. The van der Waals surface area contributed by atoms with Gasteiger partial charge in [-0.1, -0.05) is 13.8 Å². The first-order valence-corrected chi connectivity index (χ1v) is 5.55. The zero-order chi connectivity index (χ0) is 12.1. The maximum absolute atomic E-state index is 11.5. The van der Waals surface area contributed by atoms with Gasteiger partial charge >= 0.3 is 0 Å². The molecule has 16 heavy (non-hydrogen) atoms. The third kappa shape index (κ3) is 4.02. The smallest absolute Gasteiger partial charge is 0.228 e. The van der Waals surface area contributed by atoms with E-state index in [0.717, 1.165) is 6.54 Å². The van der Waals surface area contributed by atoms with Crippen LogP contribution in [0.1, 0.15) is 27.2 Å². The number of anilines is 1. The summed E-state index contributed by atoms with van der Waals surface area (Å²) in [6, 6.07) is -0.131. The van der Waals surface area contributed by atoms with Gasteiger partial charge in [-0.25, -0.2) is 4.98 Å². The number of nitrogens with two attached hydrogens (primary N) is 1. The van der Waals surface area contributed by atoms with Gasteiger partial charge in [-0.15, -0.1) is 0 Å². The van der Waals surface area contributed by atoms with Crippen molar-refractivity contribution in [1.82, 2.24) is 9.55 Å². The van der Waals surface area contributed by atoms with Crippen molar-refractivity contribution < 1.29 is 4.79 Å². The highest BCUT2D eigenvalue weighted by Gasteiger charge is 2.09. The van der Waals surface area contributed by atoms with Crippen molar-refractivity contribution >= 4 is 11.9 Å². The number of aromatic nitrogens is 2. The summed E-state index contributed by atoms with van der Waals surface area (Å²) in [6.07, 6.45) is 3.86. The second kappa shape index (κ2) is 5.65. The topological polar surface area (TPSA) is 72.9 Å². The van der Waals surface area contributed by atoms with Gasteiger partial charge in [0.1, 0.15) is 0 Å². The summed E-state index contributed by atoms with van der Waals surface area (Å²) in [4.78, 5) is 15.6. The minimum atomic E-state index is -0.131. The third-order valence-electron chi connectivity index (χ3n) is 2.04. The second-order valence-corrected chi connectivity index (χ2v) is 4.53. The average molecular weight is 224 g/mol. The Morgan fingerprint density at radius 3 is 2.81 bits per heavy atom. The minimum Gasteiger partial charge on any atom is -0.327 e. The van der Waals surface area contributed by atoms with E-state index in [0.29, 0.717) is 18.3 Å². The first kappa shape index (κ1) is 12.7. The monoisotopic (exact) mass is 224 g/mol. The van der Waals surface area contributed by atoms with Crippen LogP contribution < -0.4 is 11.1 Å². The molecule has 0 aliphatic rings. The molecule has 1 aromatic rings. The Bertz CT molecular complexity index is 344. The quantitative estimate of drug-likeness (QED) is 0.789. The first-order chi connectivity index (χ1) is 7.49. The van der Waals surface area contributed by atoms with E-state index >= 15 is 0 Å². The highest BCUT2D eigenvalue weighted by atomic mass is 16.1. The van der Waals surface area contributed by atoms with E-state index in [1.54, 1.807) is 13.1 Å². The molecule has 0 fully saturated rings. The number of hydrogen-bond donors (Lipinski definition) is 2. The molecule has 1 atom stereocenters. The number of rotatable bonds is 5. The van der Waals surface area contributed by atoms with Crippen molar-refractivity contribution in [3.63, 3.8) is 0 Å². The lowest BCUT2D eigenvalue weighted by Gasteiger charge is -2.11. The molecule has 0 spiro atoms. The van der Waals surface area contributed by atoms with Crippen molar-refractivity contribution in [2.24, 2.45) is 11.7 Å². The number of carbonyl (C=O) groups excluding carboxylic acids is 1. The van der Waals surface area contributed by atoms with E-state index < -0.39 is 0 Å². The lowest BCUT2D eigenvalue weighted by molar-refractivity contribution is -0.116. The van der Waals surface area contributed by atoms with E-state index in [4.69, 9.17) is 5.73 Å². The molecule has 1 rings (SSSR count). The molecule has 0 aliphatic carbocycles. The number of amides is 1. The minimum absolute atomic E-state index is 0.0915. The van der Waals surface area contributed by atoms with E-state index in [1.807, 2.05) is 10.8 Å². The predicted molar refractivity (Wildman–Crippen MR) is 64.0 cm³/mol. The van der Waals surface area contributed by atoms with E-state index in [2.05, 4.69) is 24.1 Å². The highest BCUT2D eigenvalue weighted by Crippen LogP contribution is 2.08. The van der Waals surface area contributed by atoms with Gasteiger partial charge in [-0.2, -0.15) is 0 Å². The number of carbonyl (C=O) groups is 1. The molecule has 1 heterocycles. The van der Waals surface area contributed by atoms with Crippen LogP contribution >= 0.6 is 0 Å². The Kier molecular flexibility index (Phi) is 4.49. The van der Waals surface area contributed by atoms with Gasteiger partial charge < -0.3 is 10.3 Å². The molecule has 0 saturated carbocycles. The number of nitrogens with one attached hydrogen (secondary N) is 1. The van der Waals surface area contributed by atoms with Crippen LogP contribution in [0.3, 0.4) is 0 Å². The Balaban J connectivity index is 2.59. The molecule has 1 aromatic heterocycles. The summed E-state index contributed by atoms with van der Waals surface area (Å²) in [5.74, 6) is 1.02. The normalized spacial score (nSPS) is 12.8. The molecule has 0 bridgehead atoms. The SMILES string of the molecule is CC(C)Cn1ccnc1NC(=O)CC(C)N. The van der Waals surface area contributed by atoms with Crippen LogP contribution in [0, 0.1) is 5.92 Å². The molecule has 90 valence electrons. The zero-order valence-corrected chi connectivity index (χ0v) is 10.1. The maximum atomic E-state index is 11.5. The molecule has 0 radical (unpaired) electrons. The Morgan fingerprint density at radius 1 is 1.56 bits per heavy atom. The Labute approximate surface area is 96.0 Å². The molecule has 1 unspecified atom stereocenters. The molecule has 0 aliphatic heterocycles. The van der Waals surface area contributed by atoms with Crippen LogP contribution in [0.4, 0.5) is 5.95 Å². The second-order valence-electron chi connectivity index (χ2n) is 4.53. The van der Waals surface area contributed by atoms with Crippen molar-refractivity contribution in [3.8, 4) is 0 Å². The van der Waals surface area contributed by atoms with Crippen molar-refractivity contribution in [2.75, 3.05) is 5.32 Å². The molecular weight excluding hydrogens is 204 g/mol. The zero-order valence-electron chi connectivity index (χ0n) is 10.1. The van der Waals surface area contributed by atoms with Gasteiger partial charge in [-0.3, -0.25) is 10.1 Å². The van der Waals surface area contributed by atoms with Crippen LogP contribution in [-0.4, -0.2) is 21.5 Å². The fraction of sp³-hybridized carbons (Fsp3) is 0.636. The van der Waals surface area contributed by atoms with Gasteiger partial charge in [0.05, 0.1) is 0 Å².